The van der Waals surface area contributed by atoms with Crippen molar-refractivity contribution < 1.29 is 0 Å². The third-order valence-electron chi connectivity index (χ3n) is 2.31. The number of nitriles is 1. The second kappa shape index (κ2) is 3.63. The Labute approximate surface area is 90.3 Å². The zero-order valence-electron chi connectivity index (χ0n) is 8.98. The lowest BCUT2D eigenvalue weighted by molar-refractivity contribution is 0.586. The van der Waals surface area contributed by atoms with Gasteiger partial charge in [-0.15, -0.1) is 0 Å². The summed E-state index contributed by atoms with van der Waals surface area (Å²) in [5.74, 6) is 0. The van der Waals surface area contributed by atoms with Crippen LogP contribution in [0.3, 0.4) is 0 Å². The van der Waals surface area contributed by atoms with Crippen LogP contribution in [-0.2, 0) is 5.41 Å². The van der Waals surface area contributed by atoms with Crippen molar-refractivity contribution in [1.29, 1.82) is 5.26 Å². The minimum atomic E-state index is 0.0711. The van der Waals surface area contributed by atoms with Crippen LogP contribution in [0.25, 0.3) is 0 Å². The van der Waals surface area contributed by atoms with Crippen LogP contribution >= 0.6 is 11.6 Å². The average Bonchev–Trinajstić information content (AvgIpc) is 2.07. The van der Waals surface area contributed by atoms with E-state index in [1.807, 2.05) is 13.0 Å². The molecule has 74 valence electrons. The van der Waals surface area contributed by atoms with E-state index in [1.165, 1.54) is 5.56 Å². The summed E-state index contributed by atoms with van der Waals surface area (Å²) in [7, 11) is 0. The Morgan fingerprint density at radius 3 is 2.29 bits per heavy atom. The van der Waals surface area contributed by atoms with Gasteiger partial charge in [-0.3, -0.25) is 0 Å². The van der Waals surface area contributed by atoms with E-state index in [0.717, 1.165) is 5.56 Å². The standard InChI is InChI=1S/C12H14ClN/c1-8-10(12(2,3)4)6-5-9(7-14)11(8)13/h5-6H,1-4H3. The molecule has 1 rings (SSSR count). The van der Waals surface area contributed by atoms with Crippen LogP contribution in [-0.4, -0.2) is 0 Å². The smallest absolute Gasteiger partial charge is 0.101 e. The molecule has 0 radical (unpaired) electrons. The highest BCUT2D eigenvalue weighted by molar-refractivity contribution is 6.32. The van der Waals surface area contributed by atoms with Crippen molar-refractivity contribution in [1.82, 2.24) is 0 Å². The Hall–Kier alpha value is -1.00. The van der Waals surface area contributed by atoms with E-state index in [0.29, 0.717) is 10.6 Å². The largest absolute Gasteiger partial charge is 0.192 e. The van der Waals surface area contributed by atoms with Crippen LogP contribution in [0.15, 0.2) is 12.1 Å². The first kappa shape index (κ1) is 11.1. The van der Waals surface area contributed by atoms with Gasteiger partial charge in [0.25, 0.3) is 0 Å². The highest BCUT2D eigenvalue weighted by Crippen LogP contribution is 2.31. The molecule has 0 unspecified atom stereocenters. The maximum Gasteiger partial charge on any atom is 0.101 e. The monoisotopic (exact) mass is 207 g/mol. The molecular formula is C12H14ClN. The lowest BCUT2D eigenvalue weighted by Gasteiger charge is -2.22. The van der Waals surface area contributed by atoms with Crippen LogP contribution in [0.4, 0.5) is 0 Å². The number of hydrogen-bond acceptors (Lipinski definition) is 1. The van der Waals surface area contributed by atoms with Gasteiger partial charge in [0.15, 0.2) is 0 Å². The van der Waals surface area contributed by atoms with Crippen LogP contribution in [0.2, 0.25) is 5.02 Å². The quantitative estimate of drug-likeness (QED) is 0.635. The zero-order valence-corrected chi connectivity index (χ0v) is 9.74. The molecule has 0 spiro atoms. The fraction of sp³-hybridized carbons (Fsp3) is 0.417. The number of benzene rings is 1. The predicted octanol–water partition coefficient (Wildman–Crippen LogP) is 3.82. The summed E-state index contributed by atoms with van der Waals surface area (Å²) in [6.45, 7) is 8.37. The molecule has 0 saturated carbocycles. The molecule has 0 amide bonds. The van der Waals surface area contributed by atoms with Crippen molar-refractivity contribution >= 4 is 11.6 Å². The van der Waals surface area contributed by atoms with Crippen LogP contribution in [0.1, 0.15) is 37.5 Å². The number of halogens is 1. The summed E-state index contributed by atoms with van der Waals surface area (Å²) in [6.07, 6.45) is 0. The van der Waals surface area contributed by atoms with Crippen molar-refractivity contribution in [2.75, 3.05) is 0 Å². The summed E-state index contributed by atoms with van der Waals surface area (Å²) < 4.78 is 0. The Morgan fingerprint density at radius 2 is 1.86 bits per heavy atom. The third-order valence-corrected chi connectivity index (χ3v) is 2.80. The van der Waals surface area contributed by atoms with Crippen LogP contribution < -0.4 is 0 Å². The molecular weight excluding hydrogens is 194 g/mol. The van der Waals surface area contributed by atoms with E-state index in [-0.39, 0.29) is 5.41 Å². The molecule has 0 aliphatic rings. The second-order valence-corrected chi connectivity index (χ2v) is 4.84. The number of hydrogen-bond donors (Lipinski definition) is 0. The van der Waals surface area contributed by atoms with Gasteiger partial charge < -0.3 is 0 Å². The molecule has 1 aromatic carbocycles. The van der Waals surface area contributed by atoms with E-state index in [4.69, 9.17) is 16.9 Å². The normalized spacial score (nSPS) is 11.1. The fourth-order valence-electron chi connectivity index (χ4n) is 1.58. The molecule has 2 heteroatoms. The maximum absolute atomic E-state index is 8.80. The molecule has 0 fully saturated rings. The van der Waals surface area contributed by atoms with Crippen LogP contribution in [0.5, 0.6) is 0 Å². The molecule has 1 aromatic rings. The summed E-state index contributed by atoms with van der Waals surface area (Å²) in [4.78, 5) is 0. The van der Waals surface area contributed by atoms with Gasteiger partial charge in [0.1, 0.15) is 6.07 Å². The molecule has 1 nitrogen and oxygen atoms in total. The van der Waals surface area contributed by atoms with Gasteiger partial charge in [-0.05, 0) is 29.5 Å². The summed E-state index contributed by atoms with van der Waals surface area (Å²) in [5, 5.41) is 9.39. The molecule has 0 bridgehead atoms. The van der Waals surface area contributed by atoms with Gasteiger partial charge in [0.05, 0.1) is 10.6 Å². The van der Waals surface area contributed by atoms with E-state index in [1.54, 1.807) is 6.07 Å². The van der Waals surface area contributed by atoms with E-state index in [9.17, 15) is 0 Å². The van der Waals surface area contributed by atoms with Gasteiger partial charge in [-0.25, -0.2) is 0 Å². The minimum absolute atomic E-state index is 0.0711. The molecule has 0 saturated heterocycles. The first-order valence-electron chi connectivity index (χ1n) is 4.57. The molecule has 0 aliphatic carbocycles. The number of nitrogens with zero attached hydrogens (tertiary/aromatic N) is 1. The molecule has 14 heavy (non-hydrogen) atoms. The van der Waals surface area contributed by atoms with Crippen LogP contribution in [0, 0.1) is 18.3 Å². The highest BCUT2D eigenvalue weighted by atomic mass is 35.5. The number of rotatable bonds is 0. The predicted molar refractivity (Wildman–Crippen MR) is 59.6 cm³/mol. The highest BCUT2D eigenvalue weighted by Gasteiger charge is 2.18. The lowest BCUT2D eigenvalue weighted by Crippen LogP contribution is -2.13. The topological polar surface area (TPSA) is 23.8 Å². The third kappa shape index (κ3) is 1.91. The average molecular weight is 208 g/mol. The Balaban J connectivity index is 3.41. The van der Waals surface area contributed by atoms with Gasteiger partial charge in [0, 0.05) is 0 Å². The van der Waals surface area contributed by atoms with Crippen molar-refractivity contribution in [2.45, 2.75) is 33.1 Å². The molecule has 0 aliphatic heterocycles. The molecule has 0 heterocycles. The minimum Gasteiger partial charge on any atom is -0.192 e. The van der Waals surface area contributed by atoms with Gasteiger partial charge in [-0.2, -0.15) is 5.26 Å². The zero-order chi connectivity index (χ0) is 10.9. The fourth-order valence-corrected chi connectivity index (χ4v) is 1.79. The van der Waals surface area contributed by atoms with Gasteiger partial charge >= 0.3 is 0 Å². The SMILES string of the molecule is Cc1c(C(C)(C)C)ccc(C#N)c1Cl. The molecule has 0 atom stereocenters. The molecule has 0 N–H and O–H groups in total. The van der Waals surface area contributed by atoms with Crippen molar-refractivity contribution in [3.05, 3.63) is 33.8 Å². The maximum atomic E-state index is 8.80. The summed E-state index contributed by atoms with van der Waals surface area (Å²) in [6, 6.07) is 5.86. The first-order valence-corrected chi connectivity index (χ1v) is 4.95. The first-order chi connectivity index (χ1) is 6.38. The van der Waals surface area contributed by atoms with E-state index in [2.05, 4.69) is 26.8 Å². The van der Waals surface area contributed by atoms with Gasteiger partial charge in [-0.1, -0.05) is 38.4 Å². The lowest BCUT2D eigenvalue weighted by atomic mass is 9.83. The second-order valence-electron chi connectivity index (χ2n) is 4.46. The summed E-state index contributed by atoms with van der Waals surface area (Å²) in [5.41, 5.74) is 2.83. The summed E-state index contributed by atoms with van der Waals surface area (Å²) >= 11 is 6.08. The molecule has 0 aromatic heterocycles. The van der Waals surface area contributed by atoms with E-state index >= 15 is 0 Å². The van der Waals surface area contributed by atoms with Crippen molar-refractivity contribution in [3.63, 3.8) is 0 Å². The van der Waals surface area contributed by atoms with E-state index < -0.39 is 0 Å². The van der Waals surface area contributed by atoms with Crippen molar-refractivity contribution in [2.24, 2.45) is 0 Å². The Kier molecular flexibility index (Phi) is 2.87. The Morgan fingerprint density at radius 1 is 1.29 bits per heavy atom. The van der Waals surface area contributed by atoms with Crippen molar-refractivity contribution in [3.8, 4) is 6.07 Å². The Bertz CT molecular complexity index is 394. The van der Waals surface area contributed by atoms with Gasteiger partial charge in [0.2, 0.25) is 0 Å².